The van der Waals surface area contributed by atoms with Gasteiger partial charge in [-0.3, -0.25) is 0 Å². The molecule has 0 heterocycles. The zero-order valence-corrected chi connectivity index (χ0v) is 9.77. The minimum atomic E-state index is 0.691. The van der Waals surface area contributed by atoms with E-state index in [-0.39, 0.29) is 0 Å². The maximum atomic E-state index is 4.66. The van der Waals surface area contributed by atoms with Crippen molar-refractivity contribution in [3.63, 3.8) is 0 Å². The number of hydrogen-bond donors (Lipinski definition) is 0. The molecule has 0 atom stereocenters. The molecule has 2 nitrogen and oxygen atoms in total. The van der Waals surface area contributed by atoms with Gasteiger partial charge in [-0.15, -0.1) is 0 Å². The fourth-order valence-corrected chi connectivity index (χ4v) is 0.167. The SMILES string of the molecule is CC.CI.COCCOC. The van der Waals surface area contributed by atoms with E-state index < -0.39 is 0 Å². The number of halogens is 1. The van der Waals surface area contributed by atoms with E-state index in [2.05, 4.69) is 32.1 Å². The molecular weight excluding hydrogens is 243 g/mol. The molecule has 0 N–H and O–H groups in total. The van der Waals surface area contributed by atoms with Crippen LogP contribution in [0.3, 0.4) is 0 Å². The second kappa shape index (κ2) is 33.4. The van der Waals surface area contributed by atoms with Gasteiger partial charge < -0.3 is 9.47 Å². The minimum absolute atomic E-state index is 0.691. The Hall–Kier alpha value is 0.650. The van der Waals surface area contributed by atoms with Gasteiger partial charge in [0.15, 0.2) is 0 Å². The molecule has 66 valence electrons. The standard InChI is InChI=1S/C4H10O2.C2H6.CH3I/c1-5-3-4-6-2;2*1-2/h3-4H2,1-2H3;1-2H3;1H3. The van der Waals surface area contributed by atoms with Crippen LogP contribution in [0.1, 0.15) is 13.8 Å². The van der Waals surface area contributed by atoms with Gasteiger partial charge in [0, 0.05) is 14.2 Å². The third kappa shape index (κ3) is 38.0. The Morgan fingerprint density at radius 3 is 1.20 bits per heavy atom. The highest BCUT2D eigenvalue weighted by Crippen LogP contribution is 1.65. The number of rotatable bonds is 3. The second-order valence-corrected chi connectivity index (χ2v) is 0.986. The van der Waals surface area contributed by atoms with Crippen LogP contribution in [-0.4, -0.2) is 32.4 Å². The first-order chi connectivity index (χ1) is 4.91. The molecule has 0 aliphatic carbocycles. The first kappa shape index (κ1) is 16.9. The zero-order chi connectivity index (χ0) is 8.83. The highest BCUT2D eigenvalue weighted by Gasteiger charge is 1.73. The lowest BCUT2D eigenvalue weighted by atomic mass is 10.8. The summed E-state index contributed by atoms with van der Waals surface area (Å²) < 4.78 is 9.31. The van der Waals surface area contributed by atoms with Gasteiger partial charge in [-0.2, -0.15) is 0 Å². The predicted octanol–water partition coefficient (Wildman–Crippen LogP) is 2.36. The summed E-state index contributed by atoms with van der Waals surface area (Å²) in [7, 11) is 3.30. The van der Waals surface area contributed by atoms with Crippen LogP contribution >= 0.6 is 22.6 Å². The predicted molar refractivity (Wildman–Crippen MR) is 55.0 cm³/mol. The van der Waals surface area contributed by atoms with E-state index in [1.54, 1.807) is 14.2 Å². The fraction of sp³-hybridized carbons (Fsp3) is 1.00. The lowest BCUT2D eigenvalue weighted by Gasteiger charge is -1.91. The number of ether oxygens (including phenoxy) is 2. The van der Waals surface area contributed by atoms with Crippen molar-refractivity contribution in [3.05, 3.63) is 0 Å². The Morgan fingerprint density at radius 1 is 0.900 bits per heavy atom. The summed E-state index contributed by atoms with van der Waals surface area (Å²) in [4.78, 5) is 1.97. The molecule has 0 aromatic carbocycles. The molecule has 0 aromatic heterocycles. The van der Waals surface area contributed by atoms with Crippen molar-refractivity contribution in [3.8, 4) is 0 Å². The number of alkyl halides is 1. The monoisotopic (exact) mass is 262 g/mol. The molecule has 0 fully saturated rings. The summed E-state index contributed by atoms with van der Waals surface area (Å²) in [6, 6.07) is 0. The van der Waals surface area contributed by atoms with Crippen molar-refractivity contribution >= 4 is 22.6 Å². The van der Waals surface area contributed by atoms with Gasteiger partial charge in [-0.1, -0.05) is 36.4 Å². The molecule has 0 unspecified atom stereocenters. The van der Waals surface area contributed by atoms with Crippen molar-refractivity contribution in [2.24, 2.45) is 0 Å². The highest BCUT2D eigenvalue weighted by molar-refractivity contribution is 14.1. The van der Waals surface area contributed by atoms with Crippen molar-refractivity contribution in [1.29, 1.82) is 0 Å². The van der Waals surface area contributed by atoms with Gasteiger partial charge in [0.05, 0.1) is 13.2 Å². The smallest absolute Gasteiger partial charge is 0.0696 e. The first-order valence-electron chi connectivity index (χ1n) is 3.27. The van der Waals surface area contributed by atoms with Crippen LogP contribution in [0.2, 0.25) is 0 Å². The summed E-state index contributed by atoms with van der Waals surface area (Å²) in [5.41, 5.74) is 0. The Morgan fingerprint density at radius 2 is 1.10 bits per heavy atom. The van der Waals surface area contributed by atoms with E-state index in [1.165, 1.54) is 0 Å². The quantitative estimate of drug-likeness (QED) is 0.441. The highest BCUT2D eigenvalue weighted by atomic mass is 127. The first-order valence-corrected chi connectivity index (χ1v) is 5.43. The molecule has 0 aliphatic rings. The topological polar surface area (TPSA) is 18.5 Å². The van der Waals surface area contributed by atoms with Crippen molar-refractivity contribution in [1.82, 2.24) is 0 Å². The van der Waals surface area contributed by atoms with Gasteiger partial charge in [-0.05, 0) is 4.93 Å². The second-order valence-electron chi connectivity index (χ2n) is 0.986. The Balaban J connectivity index is -0.000000105. The molecule has 3 heteroatoms. The average molecular weight is 262 g/mol. The van der Waals surface area contributed by atoms with Crippen molar-refractivity contribution < 1.29 is 9.47 Å². The third-order valence-corrected chi connectivity index (χ3v) is 0.492. The van der Waals surface area contributed by atoms with Crippen LogP contribution in [0.25, 0.3) is 0 Å². The molecule has 10 heavy (non-hydrogen) atoms. The van der Waals surface area contributed by atoms with E-state index >= 15 is 0 Å². The van der Waals surface area contributed by atoms with Crippen molar-refractivity contribution in [2.45, 2.75) is 13.8 Å². The largest absolute Gasteiger partial charge is 0.382 e. The van der Waals surface area contributed by atoms with Gasteiger partial charge >= 0.3 is 0 Å². The lowest BCUT2D eigenvalue weighted by molar-refractivity contribution is 0.103. The molecule has 0 saturated heterocycles. The molecule has 0 saturated carbocycles. The van der Waals surface area contributed by atoms with Crippen LogP contribution < -0.4 is 0 Å². The van der Waals surface area contributed by atoms with E-state index in [1.807, 2.05) is 18.8 Å². The van der Waals surface area contributed by atoms with Crippen LogP contribution in [0.15, 0.2) is 0 Å². The number of hydrogen-bond acceptors (Lipinski definition) is 2. The molecule has 0 aliphatic heterocycles. The molecular formula is C7H19IO2. The molecule has 0 radical (unpaired) electrons. The normalized spacial score (nSPS) is 6.60. The van der Waals surface area contributed by atoms with Crippen molar-refractivity contribution in [2.75, 3.05) is 32.4 Å². The average Bonchev–Trinajstić information content (AvgIpc) is 2.08. The van der Waals surface area contributed by atoms with Crippen LogP contribution in [0.4, 0.5) is 0 Å². The summed E-state index contributed by atoms with van der Waals surface area (Å²) in [6.07, 6.45) is 0. The lowest BCUT2D eigenvalue weighted by Crippen LogP contribution is -1.96. The molecule has 0 spiro atoms. The van der Waals surface area contributed by atoms with Gasteiger partial charge in [0.25, 0.3) is 0 Å². The molecule has 0 bridgehead atoms. The van der Waals surface area contributed by atoms with E-state index in [9.17, 15) is 0 Å². The summed E-state index contributed by atoms with van der Waals surface area (Å²) in [5, 5.41) is 0. The van der Waals surface area contributed by atoms with Gasteiger partial charge in [0.2, 0.25) is 0 Å². The minimum Gasteiger partial charge on any atom is -0.382 e. The van der Waals surface area contributed by atoms with E-state index in [4.69, 9.17) is 0 Å². The van der Waals surface area contributed by atoms with Gasteiger partial charge in [-0.25, -0.2) is 0 Å². The summed E-state index contributed by atoms with van der Waals surface area (Å²) >= 11 is 2.15. The van der Waals surface area contributed by atoms with Gasteiger partial charge in [0.1, 0.15) is 0 Å². The molecule has 0 aromatic rings. The Kier molecular flexibility index (Phi) is 56.6. The van der Waals surface area contributed by atoms with Crippen LogP contribution in [0.5, 0.6) is 0 Å². The third-order valence-electron chi connectivity index (χ3n) is 0.492. The number of methoxy groups -OCH3 is 2. The van der Waals surface area contributed by atoms with Crippen LogP contribution in [0, 0.1) is 0 Å². The maximum absolute atomic E-state index is 4.66. The summed E-state index contributed by atoms with van der Waals surface area (Å²) in [5.74, 6) is 0. The zero-order valence-electron chi connectivity index (χ0n) is 7.61. The Bertz CT molecular complexity index is 23.6. The van der Waals surface area contributed by atoms with Crippen LogP contribution in [-0.2, 0) is 9.47 Å². The fourth-order valence-electron chi connectivity index (χ4n) is 0.167. The Labute approximate surface area is 78.4 Å². The maximum Gasteiger partial charge on any atom is 0.0696 e. The molecule has 0 amide bonds. The van der Waals surface area contributed by atoms with E-state index in [0.29, 0.717) is 13.2 Å². The molecule has 0 rings (SSSR count). The summed E-state index contributed by atoms with van der Waals surface area (Å²) in [6.45, 7) is 5.38. The van der Waals surface area contributed by atoms with E-state index in [0.717, 1.165) is 0 Å².